The Balaban J connectivity index is -0.000000410. The average Bonchev–Trinajstić information content (AvgIpc) is 2.47. The molecule has 0 bridgehead atoms. The Hall–Kier alpha value is -0.0300. The van der Waals surface area contributed by atoms with Gasteiger partial charge in [0.1, 0.15) is 6.29 Å². The molecule has 0 aromatic rings. The van der Waals surface area contributed by atoms with Crippen LogP contribution in [0.4, 0.5) is 0 Å². The summed E-state index contributed by atoms with van der Waals surface area (Å²) >= 11 is 3.17. The number of carbonyl (C=O) groups is 2. The van der Waals surface area contributed by atoms with Gasteiger partial charge in [0, 0.05) is 33.4 Å². The monoisotopic (exact) mass is 374 g/mol. The van der Waals surface area contributed by atoms with Gasteiger partial charge >= 0.3 is 5.97 Å². The summed E-state index contributed by atoms with van der Waals surface area (Å²) in [6.45, 7) is 8.78. The number of aldehydes is 1. The third-order valence-electron chi connectivity index (χ3n) is 1.82. The molecule has 0 spiro atoms. The Bertz CT molecular complexity index is 215. The van der Waals surface area contributed by atoms with Crippen LogP contribution in [0.15, 0.2) is 0 Å². The highest BCUT2D eigenvalue weighted by Crippen LogP contribution is 2.37. The van der Waals surface area contributed by atoms with Crippen molar-refractivity contribution in [3.05, 3.63) is 0 Å². The van der Waals surface area contributed by atoms with E-state index in [2.05, 4.69) is 20.7 Å². The number of rotatable bonds is 8. The lowest BCUT2D eigenvalue weighted by atomic mass is 10.3. The minimum absolute atomic E-state index is 0.0213. The average molecular weight is 375 g/mol. The van der Waals surface area contributed by atoms with E-state index in [1.807, 2.05) is 20.8 Å². The van der Waals surface area contributed by atoms with Gasteiger partial charge < -0.3 is 19.2 Å². The molecule has 122 valence electrons. The molecule has 7 heteroatoms. The summed E-state index contributed by atoms with van der Waals surface area (Å²) in [6, 6.07) is 0. The number of esters is 1. The SMILES string of the molecule is CC.CCOC.CCOC(=O)CC(C=O)P(O)CCBr. The molecule has 0 saturated heterocycles. The van der Waals surface area contributed by atoms with E-state index >= 15 is 0 Å². The van der Waals surface area contributed by atoms with Gasteiger partial charge in [0.25, 0.3) is 0 Å². The minimum atomic E-state index is -1.40. The van der Waals surface area contributed by atoms with Gasteiger partial charge in [0.15, 0.2) is 0 Å². The first-order valence-corrected chi connectivity index (χ1v) is 9.35. The second kappa shape index (κ2) is 21.3. The zero-order chi connectivity index (χ0) is 16.4. The fraction of sp³-hybridized carbons (Fsp3) is 0.846. The zero-order valence-electron chi connectivity index (χ0n) is 13.1. The van der Waals surface area contributed by atoms with Crippen LogP contribution in [0.3, 0.4) is 0 Å². The third kappa shape index (κ3) is 18.0. The third-order valence-corrected chi connectivity index (χ3v) is 4.58. The second-order valence-corrected chi connectivity index (χ2v) is 5.92. The first kappa shape index (κ1) is 25.0. The molecule has 0 aliphatic carbocycles. The maximum absolute atomic E-state index is 11.0. The van der Waals surface area contributed by atoms with Crippen molar-refractivity contribution in [2.45, 2.75) is 39.8 Å². The van der Waals surface area contributed by atoms with Crippen molar-refractivity contribution in [3.8, 4) is 0 Å². The normalized spacial score (nSPS) is 11.9. The van der Waals surface area contributed by atoms with Crippen LogP contribution in [0.2, 0.25) is 0 Å². The van der Waals surface area contributed by atoms with Crippen molar-refractivity contribution in [2.24, 2.45) is 0 Å². The van der Waals surface area contributed by atoms with Crippen LogP contribution in [-0.2, 0) is 19.1 Å². The second-order valence-electron chi connectivity index (χ2n) is 3.14. The fourth-order valence-electron chi connectivity index (χ4n) is 0.867. The number of hydrogen-bond donors (Lipinski definition) is 1. The number of hydrogen-bond acceptors (Lipinski definition) is 5. The topological polar surface area (TPSA) is 72.8 Å². The standard InChI is InChI=1S/C8H14BrO4P.C3H8O.C2H6/c1-2-13-8(11)5-7(6-10)14(12)4-3-9;1-3-4-2;1-2/h6-7,12H,2-5H2,1H3;3H2,1-2H3;1-2H3. The van der Waals surface area contributed by atoms with Gasteiger partial charge in [-0.25, -0.2) is 0 Å². The van der Waals surface area contributed by atoms with Crippen LogP contribution in [-0.4, -0.2) is 54.6 Å². The molecule has 2 atom stereocenters. The van der Waals surface area contributed by atoms with Crippen LogP contribution >= 0.6 is 24.1 Å². The molecule has 0 radical (unpaired) electrons. The maximum Gasteiger partial charge on any atom is 0.306 e. The van der Waals surface area contributed by atoms with Crippen molar-refractivity contribution >= 4 is 36.3 Å². The van der Waals surface area contributed by atoms with Gasteiger partial charge in [-0.2, -0.15) is 0 Å². The first-order valence-electron chi connectivity index (χ1n) is 6.68. The quantitative estimate of drug-likeness (QED) is 0.306. The molecule has 0 aromatic carbocycles. The number of halogens is 1. The highest BCUT2D eigenvalue weighted by atomic mass is 79.9. The summed E-state index contributed by atoms with van der Waals surface area (Å²) in [5.74, 6) is -0.430. The van der Waals surface area contributed by atoms with Crippen molar-refractivity contribution in [1.29, 1.82) is 0 Å². The molecule has 0 saturated carbocycles. The Kier molecular flexibility index (Phi) is 26.5. The van der Waals surface area contributed by atoms with Gasteiger partial charge in [-0.05, 0) is 13.8 Å². The largest absolute Gasteiger partial charge is 0.466 e. The van der Waals surface area contributed by atoms with Crippen LogP contribution in [0, 0.1) is 0 Å². The molecule has 0 rings (SSSR count). The molecular weight excluding hydrogens is 347 g/mol. The van der Waals surface area contributed by atoms with Gasteiger partial charge in [-0.3, -0.25) is 4.79 Å². The Morgan fingerprint density at radius 1 is 1.35 bits per heavy atom. The van der Waals surface area contributed by atoms with E-state index in [-0.39, 0.29) is 6.42 Å². The number of alkyl halides is 1. The van der Waals surface area contributed by atoms with Crippen molar-refractivity contribution in [2.75, 3.05) is 31.8 Å². The van der Waals surface area contributed by atoms with Crippen LogP contribution in [0.25, 0.3) is 0 Å². The molecule has 0 aliphatic rings. The predicted octanol–water partition coefficient (Wildman–Crippen LogP) is 2.97. The number of ether oxygens (including phenoxy) is 2. The van der Waals surface area contributed by atoms with Crippen LogP contribution < -0.4 is 0 Å². The molecule has 20 heavy (non-hydrogen) atoms. The summed E-state index contributed by atoms with van der Waals surface area (Å²) < 4.78 is 9.23. The van der Waals surface area contributed by atoms with E-state index in [1.165, 1.54) is 0 Å². The molecule has 0 heterocycles. The number of carbonyl (C=O) groups excluding carboxylic acids is 2. The summed E-state index contributed by atoms with van der Waals surface area (Å²) in [5, 5.41) is 0.627. The zero-order valence-corrected chi connectivity index (χ0v) is 15.6. The highest BCUT2D eigenvalue weighted by Gasteiger charge is 2.21. The molecule has 0 aliphatic heterocycles. The summed E-state index contributed by atoms with van der Waals surface area (Å²) in [4.78, 5) is 31.1. The van der Waals surface area contributed by atoms with Gasteiger partial charge in [-0.15, -0.1) is 0 Å². The van der Waals surface area contributed by atoms with Gasteiger partial charge in [-0.1, -0.05) is 29.8 Å². The van der Waals surface area contributed by atoms with E-state index in [1.54, 1.807) is 14.0 Å². The number of methoxy groups -OCH3 is 1. The highest BCUT2D eigenvalue weighted by molar-refractivity contribution is 9.09. The summed E-state index contributed by atoms with van der Waals surface area (Å²) in [5.41, 5.74) is -0.596. The summed E-state index contributed by atoms with van der Waals surface area (Å²) in [6.07, 6.45) is 1.12. The predicted molar refractivity (Wildman–Crippen MR) is 87.8 cm³/mol. The van der Waals surface area contributed by atoms with Crippen molar-refractivity contribution in [1.82, 2.24) is 0 Å². The molecular formula is C13H28BrO5P. The Morgan fingerprint density at radius 2 is 1.85 bits per heavy atom. The van der Waals surface area contributed by atoms with Gasteiger partial charge in [0.2, 0.25) is 0 Å². The molecule has 0 fully saturated rings. The van der Waals surface area contributed by atoms with E-state index < -0.39 is 19.8 Å². The fourth-order valence-corrected chi connectivity index (χ4v) is 2.96. The lowest BCUT2D eigenvalue weighted by Crippen LogP contribution is -2.17. The molecule has 2 unspecified atom stereocenters. The Morgan fingerprint density at radius 3 is 2.15 bits per heavy atom. The van der Waals surface area contributed by atoms with Crippen molar-refractivity contribution < 1.29 is 24.0 Å². The van der Waals surface area contributed by atoms with E-state index in [4.69, 9.17) is 4.74 Å². The van der Waals surface area contributed by atoms with Crippen LogP contribution in [0.5, 0.6) is 0 Å². The minimum Gasteiger partial charge on any atom is -0.466 e. The lowest BCUT2D eigenvalue weighted by Gasteiger charge is -2.15. The van der Waals surface area contributed by atoms with Crippen molar-refractivity contribution in [3.63, 3.8) is 0 Å². The molecule has 0 aromatic heterocycles. The first-order chi connectivity index (χ1) is 9.56. The van der Waals surface area contributed by atoms with E-state index in [0.717, 1.165) is 6.61 Å². The molecule has 0 amide bonds. The lowest BCUT2D eigenvalue weighted by molar-refractivity contribution is -0.143. The Labute approximate surface area is 132 Å². The smallest absolute Gasteiger partial charge is 0.306 e. The molecule has 5 nitrogen and oxygen atoms in total. The summed E-state index contributed by atoms with van der Waals surface area (Å²) in [7, 11) is 0.277. The molecule has 1 N–H and O–H groups in total. The van der Waals surface area contributed by atoms with Gasteiger partial charge in [0.05, 0.1) is 18.7 Å². The van der Waals surface area contributed by atoms with Crippen LogP contribution in [0.1, 0.15) is 34.1 Å². The maximum atomic E-state index is 11.0. The van der Waals surface area contributed by atoms with E-state index in [0.29, 0.717) is 24.4 Å². The van der Waals surface area contributed by atoms with E-state index in [9.17, 15) is 14.5 Å².